The highest BCUT2D eigenvalue weighted by atomic mass is 32.1. The second kappa shape index (κ2) is 8.19. The summed E-state index contributed by atoms with van der Waals surface area (Å²) in [5, 5.41) is 2.72. The van der Waals surface area contributed by atoms with Gasteiger partial charge in [0.15, 0.2) is 6.61 Å². The van der Waals surface area contributed by atoms with Crippen LogP contribution >= 0.6 is 11.7 Å². The molecule has 1 aromatic carbocycles. The molecule has 24 heavy (non-hydrogen) atoms. The molecule has 0 atom stereocenters. The third-order valence-electron chi connectivity index (χ3n) is 4.41. The molecule has 0 unspecified atom stereocenters. The number of amides is 1. The minimum Gasteiger partial charge on any atom is -0.456 e. The van der Waals surface area contributed by atoms with Crippen molar-refractivity contribution in [3.8, 4) is 0 Å². The Morgan fingerprint density at radius 2 is 2.04 bits per heavy atom. The SMILES string of the molecule is O=C(COC(=O)CCC1CCCCC1)Nc1cccc2nsnc12. The van der Waals surface area contributed by atoms with Gasteiger partial charge in [-0.1, -0.05) is 38.2 Å². The summed E-state index contributed by atoms with van der Waals surface area (Å²) in [4.78, 5) is 23.7. The van der Waals surface area contributed by atoms with Crippen LogP contribution in [0, 0.1) is 5.92 Å². The largest absolute Gasteiger partial charge is 0.456 e. The predicted octanol–water partition coefficient (Wildman–Crippen LogP) is 3.53. The number of aromatic nitrogens is 2. The van der Waals surface area contributed by atoms with Gasteiger partial charge < -0.3 is 10.1 Å². The Bertz CT molecular complexity index is 710. The maximum absolute atomic E-state index is 12.0. The lowest BCUT2D eigenvalue weighted by molar-refractivity contribution is -0.147. The van der Waals surface area contributed by atoms with Crippen molar-refractivity contribution in [3.05, 3.63) is 18.2 Å². The van der Waals surface area contributed by atoms with E-state index in [1.165, 1.54) is 32.1 Å². The minimum atomic E-state index is -0.360. The van der Waals surface area contributed by atoms with Crippen LogP contribution in [0.25, 0.3) is 11.0 Å². The zero-order valence-electron chi connectivity index (χ0n) is 13.5. The van der Waals surface area contributed by atoms with Crippen LogP contribution in [0.2, 0.25) is 0 Å². The smallest absolute Gasteiger partial charge is 0.306 e. The van der Waals surface area contributed by atoms with Gasteiger partial charge in [-0.15, -0.1) is 0 Å². The number of hydrogen-bond acceptors (Lipinski definition) is 6. The van der Waals surface area contributed by atoms with E-state index in [4.69, 9.17) is 4.74 Å². The first-order chi connectivity index (χ1) is 11.7. The molecule has 0 saturated heterocycles. The zero-order chi connectivity index (χ0) is 16.8. The normalized spacial score (nSPS) is 15.3. The maximum atomic E-state index is 12.0. The topological polar surface area (TPSA) is 81.2 Å². The van der Waals surface area contributed by atoms with Crippen molar-refractivity contribution >= 4 is 40.3 Å². The Morgan fingerprint density at radius 3 is 2.88 bits per heavy atom. The van der Waals surface area contributed by atoms with E-state index < -0.39 is 0 Å². The number of nitrogens with zero attached hydrogens (tertiary/aromatic N) is 2. The molecule has 1 aliphatic carbocycles. The van der Waals surface area contributed by atoms with Crippen molar-refractivity contribution < 1.29 is 14.3 Å². The van der Waals surface area contributed by atoms with Crippen LogP contribution in [0.4, 0.5) is 5.69 Å². The number of carbonyl (C=O) groups excluding carboxylic acids is 2. The fraction of sp³-hybridized carbons (Fsp3) is 0.529. The first-order valence-electron chi connectivity index (χ1n) is 8.39. The van der Waals surface area contributed by atoms with Gasteiger partial charge in [-0.05, 0) is 24.5 Å². The van der Waals surface area contributed by atoms with E-state index in [0.717, 1.165) is 23.7 Å². The van der Waals surface area contributed by atoms with Crippen molar-refractivity contribution in [2.24, 2.45) is 5.92 Å². The number of hydrogen-bond donors (Lipinski definition) is 1. The van der Waals surface area contributed by atoms with Gasteiger partial charge in [-0.2, -0.15) is 8.75 Å². The van der Waals surface area contributed by atoms with Gasteiger partial charge in [0.25, 0.3) is 5.91 Å². The lowest BCUT2D eigenvalue weighted by Gasteiger charge is -2.20. The second-order valence-electron chi connectivity index (χ2n) is 6.19. The van der Waals surface area contributed by atoms with Crippen molar-refractivity contribution in [2.75, 3.05) is 11.9 Å². The van der Waals surface area contributed by atoms with Crippen LogP contribution in [0.5, 0.6) is 0 Å². The summed E-state index contributed by atoms with van der Waals surface area (Å²) >= 11 is 1.10. The number of rotatable bonds is 6. The summed E-state index contributed by atoms with van der Waals surface area (Å²) in [5.41, 5.74) is 1.98. The van der Waals surface area contributed by atoms with Gasteiger partial charge >= 0.3 is 5.97 Å². The average molecular weight is 347 g/mol. The molecule has 2 aromatic rings. The highest BCUT2D eigenvalue weighted by Crippen LogP contribution is 2.27. The second-order valence-corrected chi connectivity index (χ2v) is 6.72. The highest BCUT2D eigenvalue weighted by Gasteiger charge is 2.16. The number of carbonyl (C=O) groups is 2. The molecule has 0 aliphatic heterocycles. The molecule has 1 N–H and O–H groups in total. The number of benzene rings is 1. The fourth-order valence-corrected chi connectivity index (χ4v) is 3.66. The molecule has 0 spiro atoms. The molecule has 1 aromatic heterocycles. The molecule has 1 aliphatic rings. The molecule has 1 amide bonds. The summed E-state index contributed by atoms with van der Waals surface area (Å²) in [5.74, 6) is -0.0272. The monoisotopic (exact) mass is 347 g/mol. The number of esters is 1. The van der Waals surface area contributed by atoms with E-state index >= 15 is 0 Å². The first kappa shape index (κ1) is 16.8. The average Bonchev–Trinajstić information content (AvgIpc) is 3.09. The standard InChI is InChI=1S/C17H21N3O3S/c21-15(18-13-7-4-8-14-17(13)20-24-19-14)11-23-16(22)10-9-12-5-2-1-3-6-12/h4,7-8,12H,1-3,5-6,9-11H2,(H,18,21). The van der Waals surface area contributed by atoms with Crippen molar-refractivity contribution in [1.82, 2.24) is 8.75 Å². The Kier molecular flexibility index (Phi) is 5.74. The molecule has 1 fully saturated rings. The predicted molar refractivity (Wildman–Crippen MR) is 92.8 cm³/mol. The van der Waals surface area contributed by atoms with Gasteiger partial charge in [0, 0.05) is 6.42 Å². The van der Waals surface area contributed by atoms with Gasteiger partial charge in [0.05, 0.1) is 17.4 Å². The van der Waals surface area contributed by atoms with Crippen molar-refractivity contribution in [1.29, 1.82) is 0 Å². The molecule has 1 heterocycles. The van der Waals surface area contributed by atoms with Crippen LogP contribution in [-0.2, 0) is 14.3 Å². The minimum absolute atomic E-state index is 0.266. The summed E-state index contributed by atoms with van der Waals surface area (Å²) in [6.07, 6.45) is 7.51. The first-order valence-corrected chi connectivity index (χ1v) is 9.12. The Balaban J connectivity index is 1.42. The maximum Gasteiger partial charge on any atom is 0.306 e. The van der Waals surface area contributed by atoms with Crippen LogP contribution in [-0.4, -0.2) is 27.2 Å². The van der Waals surface area contributed by atoms with Gasteiger partial charge in [-0.3, -0.25) is 9.59 Å². The van der Waals surface area contributed by atoms with Crippen molar-refractivity contribution in [2.45, 2.75) is 44.9 Å². The third-order valence-corrected chi connectivity index (χ3v) is 4.95. The summed E-state index contributed by atoms with van der Waals surface area (Å²) < 4.78 is 13.4. The highest BCUT2D eigenvalue weighted by molar-refractivity contribution is 7.00. The van der Waals surface area contributed by atoms with Crippen LogP contribution in [0.15, 0.2) is 18.2 Å². The van der Waals surface area contributed by atoms with E-state index in [2.05, 4.69) is 14.1 Å². The summed E-state index contributed by atoms with van der Waals surface area (Å²) in [7, 11) is 0. The number of fused-ring (bicyclic) bond motifs is 1. The van der Waals surface area contributed by atoms with E-state index in [-0.39, 0.29) is 18.5 Å². The molecule has 128 valence electrons. The van der Waals surface area contributed by atoms with E-state index in [1.807, 2.05) is 6.07 Å². The Morgan fingerprint density at radius 1 is 1.21 bits per heavy atom. The Hall–Kier alpha value is -2.02. The quantitative estimate of drug-likeness (QED) is 0.808. The summed E-state index contributed by atoms with van der Waals surface area (Å²) in [6.45, 7) is -0.266. The molecular formula is C17H21N3O3S. The molecule has 0 radical (unpaired) electrons. The van der Waals surface area contributed by atoms with Crippen LogP contribution in [0.3, 0.4) is 0 Å². The van der Waals surface area contributed by atoms with E-state index in [1.54, 1.807) is 12.1 Å². The van der Waals surface area contributed by atoms with Gasteiger partial charge in [0.1, 0.15) is 11.0 Å². The molecule has 7 heteroatoms. The van der Waals surface area contributed by atoms with Crippen LogP contribution in [0.1, 0.15) is 44.9 Å². The lowest BCUT2D eigenvalue weighted by Crippen LogP contribution is -2.21. The van der Waals surface area contributed by atoms with E-state index in [9.17, 15) is 9.59 Å². The van der Waals surface area contributed by atoms with Crippen LogP contribution < -0.4 is 5.32 Å². The molecule has 1 saturated carbocycles. The number of nitrogens with one attached hydrogen (secondary N) is 1. The Labute approximate surface area is 144 Å². The van der Waals surface area contributed by atoms with Gasteiger partial charge in [-0.25, -0.2) is 0 Å². The molecule has 0 bridgehead atoms. The number of anilines is 1. The molecule has 6 nitrogen and oxygen atoms in total. The molecule has 3 rings (SSSR count). The van der Waals surface area contributed by atoms with Crippen molar-refractivity contribution in [3.63, 3.8) is 0 Å². The molecular weight excluding hydrogens is 326 g/mol. The summed E-state index contributed by atoms with van der Waals surface area (Å²) in [6, 6.07) is 5.39. The van der Waals surface area contributed by atoms with Gasteiger partial charge in [0.2, 0.25) is 0 Å². The fourth-order valence-electron chi connectivity index (χ4n) is 3.11. The zero-order valence-corrected chi connectivity index (χ0v) is 14.3. The lowest BCUT2D eigenvalue weighted by atomic mass is 9.86. The number of ether oxygens (including phenoxy) is 1. The third kappa shape index (κ3) is 4.50. The van der Waals surface area contributed by atoms with E-state index in [0.29, 0.717) is 23.5 Å².